The first kappa shape index (κ1) is 22.9. The topological polar surface area (TPSA) is 75.7 Å². The van der Waals surface area contributed by atoms with Gasteiger partial charge in [-0.1, -0.05) is 23.2 Å². The van der Waals surface area contributed by atoms with E-state index in [1.165, 1.54) is 4.31 Å². The molecular weight excluding hydrogens is 447 g/mol. The minimum Gasteiger partial charge on any atom is -0.494 e. The molecule has 1 aliphatic rings. The van der Waals surface area contributed by atoms with Crippen molar-refractivity contribution in [3.8, 4) is 5.75 Å². The highest BCUT2D eigenvalue weighted by Crippen LogP contribution is 2.30. The molecular formula is C21H24Cl2N2O4S. The third kappa shape index (κ3) is 5.09. The Morgan fingerprint density at radius 2 is 2.00 bits per heavy atom. The minimum atomic E-state index is -3.72. The maximum Gasteiger partial charge on any atom is 0.243 e. The summed E-state index contributed by atoms with van der Waals surface area (Å²) in [4.78, 5) is 13.0. The standard InChI is InChI=1S/C21H24Cl2N2O4S/c1-3-29-20-9-7-17(11-14(20)2)30(27,28)25-10-4-5-15(13-25)21(26)24-19-12-16(22)6-8-18(19)23/h6-9,11-12,15H,3-5,10,13H2,1-2H3,(H,24,26)/t15-/m1/s1. The number of benzene rings is 2. The Labute approximate surface area is 187 Å². The molecule has 0 aromatic heterocycles. The van der Waals surface area contributed by atoms with Crippen LogP contribution in [-0.2, 0) is 14.8 Å². The van der Waals surface area contributed by atoms with Crippen LogP contribution >= 0.6 is 23.2 Å². The summed E-state index contributed by atoms with van der Waals surface area (Å²) in [5, 5.41) is 3.60. The zero-order valence-electron chi connectivity index (χ0n) is 16.8. The maximum absolute atomic E-state index is 13.1. The van der Waals surface area contributed by atoms with E-state index in [2.05, 4.69) is 5.32 Å². The predicted molar refractivity (Wildman–Crippen MR) is 119 cm³/mol. The Hall–Kier alpha value is -1.80. The highest BCUT2D eigenvalue weighted by molar-refractivity contribution is 7.89. The number of anilines is 1. The number of aryl methyl sites for hydroxylation is 1. The van der Waals surface area contributed by atoms with Gasteiger partial charge in [-0.05, 0) is 68.7 Å². The molecule has 2 aromatic carbocycles. The first-order valence-corrected chi connectivity index (χ1v) is 11.9. The van der Waals surface area contributed by atoms with Gasteiger partial charge in [-0.25, -0.2) is 8.42 Å². The van der Waals surface area contributed by atoms with E-state index in [1.54, 1.807) is 36.4 Å². The fraction of sp³-hybridized carbons (Fsp3) is 0.381. The molecule has 1 heterocycles. The van der Waals surface area contributed by atoms with Gasteiger partial charge in [-0.15, -0.1) is 0 Å². The largest absolute Gasteiger partial charge is 0.494 e. The van der Waals surface area contributed by atoms with E-state index in [4.69, 9.17) is 27.9 Å². The third-order valence-electron chi connectivity index (χ3n) is 5.03. The second-order valence-electron chi connectivity index (χ2n) is 7.18. The molecule has 0 spiro atoms. The Morgan fingerprint density at radius 1 is 1.23 bits per heavy atom. The van der Waals surface area contributed by atoms with Gasteiger partial charge in [0.2, 0.25) is 15.9 Å². The second-order valence-corrected chi connectivity index (χ2v) is 9.96. The highest BCUT2D eigenvalue weighted by Gasteiger charge is 2.33. The minimum absolute atomic E-state index is 0.110. The summed E-state index contributed by atoms with van der Waals surface area (Å²) in [5.41, 5.74) is 1.16. The van der Waals surface area contributed by atoms with Gasteiger partial charge < -0.3 is 10.1 Å². The van der Waals surface area contributed by atoms with Crippen LogP contribution < -0.4 is 10.1 Å². The molecule has 1 N–H and O–H groups in total. The van der Waals surface area contributed by atoms with Crippen molar-refractivity contribution >= 4 is 44.8 Å². The predicted octanol–water partition coefficient (Wildman–Crippen LogP) is 4.74. The first-order chi connectivity index (χ1) is 14.2. The number of hydrogen-bond donors (Lipinski definition) is 1. The summed E-state index contributed by atoms with van der Waals surface area (Å²) >= 11 is 12.1. The van der Waals surface area contributed by atoms with Gasteiger partial charge in [0.1, 0.15) is 5.75 Å². The van der Waals surface area contributed by atoms with Crippen molar-refractivity contribution in [2.45, 2.75) is 31.6 Å². The van der Waals surface area contributed by atoms with Crippen molar-refractivity contribution in [1.82, 2.24) is 4.31 Å². The van der Waals surface area contributed by atoms with E-state index >= 15 is 0 Å². The van der Waals surface area contributed by atoms with Gasteiger partial charge in [0, 0.05) is 18.1 Å². The van der Waals surface area contributed by atoms with Crippen LogP contribution in [-0.4, -0.2) is 38.3 Å². The van der Waals surface area contributed by atoms with Crippen molar-refractivity contribution in [1.29, 1.82) is 0 Å². The molecule has 1 atom stereocenters. The van der Waals surface area contributed by atoms with Gasteiger partial charge in [0.05, 0.1) is 28.1 Å². The van der Waals surface area contributed by atoms with E-state index in [0.717, 1.165) is 5.56 Å². The van der Waals surface area contributed by atoms with Gasteiger partial charge in [-0.3, -0.25) is 4.79 Å². The van der Waals surface area contributed by atoms with Crippen LogP contribution in [0.2, 0.25) is 10.0 Å². The van der Waals surface area contributed by atoms with Gasteiger partial charge in [0.15, 0.2) is 0 Å². The van der Waals surface area contributed by atoms with E-state index in [9.17, 15) is 13.2 Å². The summed E-state index contributed by atoms with van der Waals surface area (Å²) in [6.07, 6.45) is 1.19. The zero-order valence-corrected chi connectivity index (χ0v) is 19.1. The Kier molecular flexibility index (Phi) is 7.29. The molecule has 162 valence electrons. The lowest BCUT2D eigenvalue weighted by Gasteiger charge is -2.31. The number of carbonyl (C=O) groups is 1. The quantitative estimate of drug-likeness (QED) is 0.661. The molecule has 1 aliphatic heterocycles. The number of piperidine rings is 1. The Bertz CT molecular complexity index is 1040. The summed E-state index contributed by atoms with van der Waals surface area (Å²) in [6.45, 7) is 4.67. The van der Waals surface area contributed by atoms with Crippen molar-refractivity contribution < 1.29 is 17.9 Å². The van der Waals surface area contributed by atoms with Crippen LogP contribution in [0.1, 0.15) is 25.3 Å². The molecule has 1 fully saturated rings. The number of amides is 1. The van der Waals surface area contributed by atoms with E-state index in [1.807, 2.05) is 13.8 Å². The number of nitrogens with one attached hydrogen (secondary N) is 1. The number of sulfonamides is 1. The van der Waals surface area contributed by atoms with Crippen LogP contribution in [0.3, 0.4) is 0 Å². The van der Waals surface area contributed by atoms with Crippen LogP contribution in [0.15, 0.2) is 41.3 Å². The molecule has 0 aliphatic carbocycles. The molecule has 2 aromatic rings. The number of halogens is 2. The average Bonchev–Trinajstić information content (AvgIpc) is 2.72. The summed E-state index contributed by atoms with van der Waals surface area (Å²) in [6, 6.07) is 9.62. The highest BCUT2D eigenvalue weighted by atomic mass is 35.5. The third-order valence-corrected chi connectivity index (χ3v) is 7.45. The van der Waals surface area contributed by atoms with Crippen molar-refractivity contribution in [2.75, 3.05) is 25.0 Å². The van der Waals surface area contributed by atoms with Crippen LogP contribution in [0, 0.1) is 12.8 Å². The molecule has 1 amide bonds. The molecule has 0 radical (unpaired) electrons. The van der Waals surface area contributed by atoms with Crippen molar-refractivity contribution in [2.24, 2.45) is 5.92 Å². The number of rotatable bonds is 6. The van der Waals surface area contributed by atoms with Crippen molar-refractivity contribution in [3.05, 3.63) is 52.0 Å². The maximum atomic E-state index is 13.1. The van der Waals surface area contributed by atoms with Gasteiger partial charge in [-0.2, -0.15) is 4.31 Å². The molecule has 3 rings (SSSR count). The molecule has 0 saturated carbocycles. The number of nitrogens with zero attached hydrogens (tertiary/aromatic N) is 1. The second kappa shape index (κ2) is 9.56. The Balaban J connectivity index is 1.75. The number of hydrogen-bond acceptors (Lipinski definition) is 4. The lowest BCUT2D eigenvalue weighted by molar-refractivity contribution is -0.120. The molecule has 1 saturated heterocycles. The van der Waals surface area contributed by atoms with Crippen LogP contribution in [0.25, 0.3) is 0 Å². The average molecular weight is 471 g/mol. The zero-order chi connectivity index (χ0) is 21.9. The lowest BCUT2D eigenvalue weighted by Crippen LogP contribution is -2.43. The summed E-state index contributed by atoms with van der Waals surface area (Å²) < 4.78 is 33.2. The monoisotopic (exact) mass is 470 g/mol. The molecule has 30 heavy (non-hydrogen) atoms. The van der Waals surface area contributed by atoms with E-state index in [0.29, 0.717) is 47.5 Å². The van der Waals surface area contributed by atoms with E-state index < -0.39 is 15.9 Å². The SMILES string of the molecule is CCOc1ccc(S(=O)(=O)N2CCC[C@@H](C(=O)Nc3cc(Cl)ccc3Cl)C2)cc1C. The molecule has 0 bridgehead atoms. The Morgan fingerprint density at radius 3 is 2.70 bits per heavy atom. The van der Waals surface area contributed by atoms with E-state index in [-0.39, 0.29) is 17.3 Å². The first-order valence-electron chi connectivity index (χ1n) is 9.72. The summed E-state index contributed by atoms with van der Waals surface area (Å²) in [5.74, 6) is -0.0972. The van der Waals surface area contributed by atoms with Gasteiger partial charge >= 0.3 is 0 Å². The molecule has 9 heteroatoms. The van der Waals surface area contributed by atoms with Gasteiger partial charge in [0.25, 0.3) is 0 Å². The molecule has 0 unspecified atom stereocenters. The lowest BCUT2D eigenvalue weighted by atomic mass is 9.99. The van der Waals surface area contributed by atoms with Crippen LogP contribution in [0.5, 0.6) is 5.75 Å². The van der Waals surface area contributed by atoms with Crippen molar-refractivity contribution in [3.63, 3.8) is 0 Å². The molecule has 6 nitrogen and oxygen atoms in total. The fourth-order valence-electron chi connectivity index (χ4n) is 3.45. The number of carbonyl (C=O) groups excluding carboxylic acids is 1. The normalized spacial score (nSPS) is 17.5. The smallest absolute Gasteiger partial charge is 0.243 e. The fourth-order valence-corrected chi connectivity index (χ4v) is 5.40. The summed E-state index contributed by atoms with van der Waals surface area (Å²) in [7, 11) is -3.72. The number of ether oxygens (including phenoxy) is 1. The van der Waals surface area contributed by atoms with Crippen LogP contribution in [0.4, 0.5) is 5.69 Å².